The molecule has 0 aromatic heterocycles. The molecule has 2 unspecified atom stereocenters. The van der Waals surface area contributed by atoms with Gasteiger partial charge >= 0.3 is 0 Å². The van der Waals surface area contributed by atoms with Crippen molar-refractivity contribution in [1.29, 1.82) is 5.41 Å². The second-order valence-electron chi connectivity index (χ2n) is 4.78. The molecule has 0 amide bonds. The van der Waals surface area contributed by atoms with Gasteiger partial charge in [-0.2, -0.15) is 0 Å². The lowest BCUT2D eigenvalue weighted by Crippen LogP contribution is -2.41. The van der Waals surface area contributed by atoms with Crippen LogP contribution in [-0.2, 0) is 0 Å². The van der Waals surface area contributed by atoms with Gasteiger partial charge in [0.1, 0.15) is 0 Å². The van der Waals surface area contributed by atoms with Crippen molar-refractivity contribution in [3.8, 4) is 0 Å². The molecule has 88 valence electrons. The van der Waals surface area contributed by atoms with Gasteiger partial charge in [-0.1, -0.05) is 26.2 Å². The highest BCUT2D eigenvalue weighted by Gasteiger charge is 2.26. The molecule has 1 saturated carbocycles. The van der Waals surface area contributed by atoms with Crippen molar-refractivity contribution in [2.45, 2.75) is 51.5 Å². The number of amidine groups is 1. The first kappa shape index (κ1) is 12.5. The van der Waals surface area contributed by atoms with Gasteiger partial charge in [0.25, 0.3) is 0 Å². The smallest absolute Gasteiger partial charge is 0.0918 e. The molecule has 1 fully saturated rings. The van der Waals surface area contributed by atoms with E-state index >= 15 is 0 Å². The Morgan fingerprint density at radius 3 is 2.67 bits per heavy atom. The number of nitrogens with zero attached hydrogens (tertiary/aromatic N) is 1. The summed E-state index contributed by atoms with van der Waals surface area (Å²) < 4.78 is 0. The van der Waals surface area contributed by atoms with Crippen molar-refractivity contribution in [1.82, 2.24) is 4.90 Å². The molecule has 0 spiro atoms. The summed E-state index contributed by atoms with van der Waals surface area (Å²) in [4.78, 5) is 2.41. The average molecular weight is 211 g/mol. The molecule has 3 nitrogen and oxygen atoms in total. The highest BCUT2D eigenvalue weighted by Crippen LogP contribution is 2.29. The maximum Gasteiger partial charge on any atom is 0.0918 e. The fraction of sp³-hybridized carbons (Fsp3) is 0.917. The molecule has 1 aliphatic carbocycles. The first-order chi connectivity index (χ1) is 7.15. The Bertz CT molecular complexity index is 203. The minimum Gasteiger partial charge on any atom is -0.388 e. The van der Waals surface area contributed by atoms with Gasteiger partial charge in [0.05, 0.1) is 5.84 Å². The van der Waals surface area contributed by atoms with Crippen LogP contribution in [0.4, 0.5) is 0 Å². The van der Waals surface area contributed by atoms with Gasteiger partial charge in [0, 0.05) is 19.0 Å². The molecule has 0 aromatic carbocycles. The Hall–Kier alpha value is -0.570. The number of rotatable bonds is 5. The fourth-order valence-electron chi connectivity index (χ4n) is 2.71. The minimum atomic E-state index is 0.311. The van der Waals surface area contributed by atoms with Crippen molar-refractivity contribution in [2.75, 3.05) is 13.6 Å². The molecule has 15 heavy (non-hydrogen) atoms. The molecule has 0 aliphatic heterocycles. The zero-order valence-electron chi connectivity index (χ0n) is 10.1. The molecule has 1 rings (SSSR count). The molecular weight excluding hydrogens is 186 g/mol. The molecule has 0 radical (unpaired) electrons. The lowest BCUT2D eigenvalue weighted by atomic mass is 9.82. The Morgan fingerprint density at radius 1 is 1.40 bits per heavy atom. The minimum absolute atomic E-state index is 0.311. The molecule has 0 aromatic rings. The summed E-state index contributed by atoms with van der Waals surface area (Å²) in [5.41, 5.74) is 5.39. The average Bonchev–Trinajstić information content (AvgIpc) is 2.25. The van der Waals surface area contributed by atoms with Crippen LogP contribution < -0.4 is 5.73 Å². The molecule has 3 heteroatoms. The fourth-order valence-corrected chi connectivity index (χ4v) is 2.71. The Morgan fingerprint density at radius 2 is 2.07 bits per heavy atom. The van der Waals surface area contributed by atoms with Crippen molar-refractivity contribution >= 4 is 5.84 Å². The highest BCUT2D eigenvalue weighted by atomic mass is 15.1. The van der Waals surface area contributed by atoms with Gasteiger partial charge < -0.3 is 10.6 Å². The number of nitrogens with one attached hydrogen (secondary N) is 1. The van der Waals surface area contributed by atoms with E-state index in [1.165, 1.54) is 32.1 Å². The van der Waals surface area contributed by atoms with Crippen LogP contribution in [0.1, 0.15) is 45.4 Å². The molecule has 3 N–H and O–H groups in total. The predicted molar refractivity (Wildman–Crippen MR) is 65.2 cm³/mol. The van der Waals surface area contributed by atoms with Crippen molar-refractivity contribution < 1.29 is 0 Å². The SMILES string of the molecule is CCC1CCCCC1N(C)CCC(=N)N. The molecule has 1 aliphatic rings. The second kappa shape index (κ2) is 6.11. The van der Waals surface area contributed by atoms with E-state index in [4.69, 9.17) is 11.1 Å². The zero-order chi connectivity index (χ0) is 11.3. The second-order valence-corrected chi connectivity index (χ2v) is 4.78. The maximum atomic E-state index is 7.25. The lowest BCUT2D eigenvalue weighted by Gasteiger charge is -2.37. The van der Waals surface area contributed by atoms with E-state index in [0.717, 1.165) is 18.5 Å². The van der Waals surface area contributed by atoms with Crippen LogP contribution in [-0.4, -0.2) is 30.4 Å². The number of hydrogen-bond donors (Lipinski definition) is 2. The third kappa shape index (κ3) is 3.82. The molecule has 0 bridgehead atoms. The number of nitrogens with two attached hydrogens (primary N) is 1. The largest absolute Gasteiger partial charge is 0.388 e. The number of hydrogen-bond acceptors (Lipinski definition) is 2. The Labute approximate surface area is 93.5 Å². The van der Waals surface area contributed by atoms with Crippen molar-refractivity contribution in [3.63, 3.8) is 0 Å². The van der Waals surface area contributed by atoms with Crippen LogP contribution in [0.15, 0.2) is 0 Å². The topological polar surface area (TPSA) is 53.1 Å². The van der Waals surface area contributed by atoms with Crippen LogP contribution in [0, 0.1) is 11.3 Å². The van der Waals surface area contributed by atoms with E-state index in [9.17, 15) is 0 Å². The Kier molecular flexibility index (Phi) is 5.09. The van der Waals surface area contributed by atoms with Gasteiger partial charge in [-0.3, -0.25) is 5.41 Å². The van der Waals surface area contributed by atoms with Crippen molar-refractivity contribution in [3.05, 3.63) is 0 Å². The summed E-state index contributed by atoms with van der Waals surface area (Å²) in [6.07, 6.45) is 7.47. The quantitative estimate of drug-likeness (QED) is 0.541. The van der Waals surface area contributed by atoms with Gasteiger partial charge in [0.2, 0.25) is 0 Å². The summed E-state index contributed by atoms with van der Waals surface area (Å²) in [5, 5.41) is 7.25. The summed E-state index contributed by atoms with van der Waals surface area (Å²) in [6, 6.07) is 0.725. The summed E-state index contributed by atoms with van der Waals surface area (Å²) in [5.74, 6) is 1.17. The van der Waals surface area contributed by atoms with Crippen molar-refractivity contribution in [2.24, 2.45) is 11.7 Å². The van der Waals surface area contributed by atoms with Gasteiger partial charge in [-0.25, -0.2) is 0 Å². The van der Waals surface area contributed by atoms with E-state index in [0.29, 0.717) is 12.3 Å². The monoisotopic (exact) mass is 211 g/mol. The van der Waals surface area contributed by atoms with E-state index in [1.807, 2.05) is 0 Å². The van der Waals surface area contributed by atoms with Gasteiger partial charge in [-0.05, 0) is 25.8 Å². The highest BCUT2D eigenvalue weighted by molar-refractivity contribution is 5.76. The third-order valence-electron chi connectivity index (χ3n) is 3.69. The predicted octanol–water partition coefficient (Wildman–Crippen LogP) is 2.21. The van der Waals surface area contributed by atoms with Gasteiger partial charge in [-0.15, -0.1) is 0 Å². The summed E-state index contributed by atoms with van der Waals surface area (Å²) in [7, 11) is 2.18. The van der Waals surface area contributed by atoms with Crippen LogP contribution >= 0.6 is 0 Å². The first-order valence-electron chi connectivity index (χ1n) is 6.18. The van der Waals surface area contributed by atoms with E-state index in [-0.39, 0.29) is 0 Å². The summed E-state index contributed by atoms with van der Waals surface area (Å²) >= 11 is 0. The standard InChI is InChI=1S/C12H25N3/c1-3-10-6-4-5-7-11(10)15(2)9-8-12(13)14/h10-11H,3-9H2,1-2H3,(H3,13,14). The lowest BCUT2D eigenvalue weighted by molar-refractivity contribution is 0.129. The van der Waals surface area contributed by atoms with Crippen LogP contribution in [0.3, 0.4) is 0 Å². The third-order valence-corrected chi connectivity index (χ3v) is 3.69. The maximum absolute atomic E-state index is 7.25. The van der Waals surface area contributed by atoms with Crippen LogP contribution in [0.25, 0.3) is 0 Å². The molecule has 0 heterocycles. The van der Waals surface area contributed by atoms with E-state index in [2.05, 4.69) is 18.9 Å². The van der Waals surface area contributed by atoms with E-state index < -0.39 is 0 Å². The van der Waals surface area contributed by atoms with E-state index in [1.54, 1.807) is 0 Å². The normalized spacial score (nSPS) is 26.9. The molecule has 0 saturated heterocycles. The molecular formula is C12H25N3. The van der Waals surface area contributed by atoms with Crippen LogP contribution in [0.5, 0.6) is 0 Å². The zero-order valence-corrected chi connectivity index (χ0v) is 10.1. The van der Waals surface area contributed by atoms with Crippen LogP contribution in [0.2, 0.25) is 0 Å². The summed E-state index contributed by atoms with van der Waals surface area (Å²) in [6.45, 7) is 3.23. The first-order valence-corrected chi connectivity index (χ1v) is 6.18. The molecule has 2 atom stereocenters. The Balaban J connectivity index is 2.40. The van der Waals surface area contributed by atoms with Gasteiger partial charge in [0.15, 0.2) is 0 Å².